The molecule has 0 atom stereocenters. The molecule has 2 heteroatoms. The third-order valence-electron chi connectivity index (χ3n) is 3.99. The number of aliphatic hydroxyl groups excluding tert-OH is 1. The number of hydrogen-bond acceptors (Lipinski definition) is 1. The minimum atomic E-state index is 0.250. The van der Waals surface area contributed by atoms with Crippen LogP contribution >= 0.6 is 22.6 Å². The molecule has 136 valence electrons. The molecule has 0 spiro atoms. The van der Waals surface area contributed by atoms with Gasteiger partial charge in [0.25, 0.3) is 0 Å². The Balaban J connectivity index is 0. The van der Waals surface area contributed by atoms with Crippen LogP contribution in [0.5, 0.6) is 0 Å². The molecule has 0 radical (unpaired) electrons. The zero-order chi connectivity index (χ0) is 16.7. The van der Waals surface area contributed by atoms with Crippen molar-refractivity contribution in [3.63, 3.8) is 0 Å². The number of unbranched alkanes of at least 4 members (excludes halogenated alkanes) is 15. The first-order valence-electron chi connectivity index (χ1n) is 10.00. The smallest absolute Gasteiger partial charge is 0.0402 e. The van der Waals surface area contributed by atoms with E-state index in [9.17, 15) is 0 Å². The number of aliphatic hydroxyl groups is 1. The van der Waals surface area contributed by atoms with E-state index in [2.05, 4.69) is 29.5 Å². The monoisotopic (exact) mass is 426 g/mol. The number of alkyl halides is 1. The maximum atomic E-state index is 7.57. The Morgan fingerprint density at radius 3 is 0.955 bits per heavy atom. The van der Waals surface area contributed by atoms with Crippen molar-refractivity contribution in [1.29, 1.82) is 0 Å². The fraction of sp³-hybridized carbons (Fsp3) is 1.00. The highest BCUT2D eigenvalue weighted by molar-refractivity contribution is 14.1. The number of rotatable bonds is 16. The van der Waals surface area contributed by atoms with Crippen LogP contribution in [0, 0.1) is 0 Å². The van der Waals surface area contributed by atoms with Gasteiger partial charge in [0.2, 0.25) is 0 Å². The van der Waals surface area contributed by atoms with Gasteiger partial charge >= 0.3 is 0 Å². The molecule has 0 fully saturated rings. The van der Waals surface area contributed by atoms with Crippen LogP contribution in [0.1, 0.15) is 117 Å². The highest BCUT2D eigenvalue weighted by Crippen LogP contribution is 2.13. The highest BCUT2D eigenvalue weighted by Gasteiger charge is 1.94. The highest BCUT2D eigenvalue weighted by atomic mass is 127. The van der Waals surface area contributed by atoms with Gasteiger partial charge in [0, 0.05) is 6.61 Å². The maximum absolute atomic E-state index is 7.57. The number of hydrogen-bond donors (Lipinski definition) is 1. The Labute approximate surface area is 155 Å². The molecule has 0 amide bonds. The van der Waals surface area contributed by atoms with E-state index in [1.807, 2.05) is 0 Å². The van der Waals surface area contributed by atoms with Gasteiger partial charge in [-0.1, -0.05) is 126 Å². The summed E-state index contributed by atoms with van der Waals surface area (Å²) < 4.78 is 1.34. The van der Waals surface area contributed by atoms with Gasteiger partial charge in [-0.05, 0) is 17.8 Å². The Bertz CT molecular complexity index is 146. The predicted octanol–water partition coefficient (Wildman–Crippen LogP) is 7.68. The first-order valence-corrected chi connectivity index (χ1v) is 11.5. The summed E-state index contributed by atoms with van der Waals surface area (Å²) in [4.78, 5) is 0. The lowest BCUT2D eigenvalue weighted by Gasteiger charge is -2.03. The molecule has 0 aliphatic carbocycles. The molecule has 0 saturated heterocycles. The molecule has 0 aromatic heterocycles. The van der Waals surface area contributed by atoms with Gasteiger partial charge in [-0.2, -0.15) is 0 Å². The van der Waals surface area contributed by atoms with Crippen molar-refractivity contribution < 1.29 is 5.11 Å². The topological polar surface area (TPSA) is 20.2 Å². The molecule has 0 rings (SSSR count). The minimum absolute atomic E-state index is 0.250. The molecule has 0 bridgehead atoms. The van der Waals surface area contributed by atoms with E-state index in [4.69, 9.17) is 5.11 Å². The fourth-order valence-corrected chi connectivity index (χ4v) is 3.18. The van der Waals surface area contributed by atoms with Gasteiger partial charge in [0.15, 0.2) is 0 Å². The van der Waals surface area contributed by atoms with Crippen molar-refractivity contribution in [2.45, 2.75) is 117 Å². The Morgan fingerprint density at radius 2 is 0.727 bits per heavy atom. The second-order valence-electron chi connectivity index (χ2n) is 6.31. The molecule has 0 unspecified atom stereocenters. The van der Waals surface area contributed by atoms with Crippen LogP contribution in [0.2, 0.25) is 0 Å². The van der Waals surface area contributed by atoms with E-state index in [1.54, 1.807) is 6.92 Å². The Kier molecular flexibility index (Phi) is 30.1. The lowest BCUT2D eigenvalue weighted by atomic mass is 10.0. The third kappa shape index (κ3) is 28.8. The van der Waals surface area contributed by atoms with Crippen molar-refractivity contribution in [1.82, 2.24) is 0 Å². The predicted molar refractivity (Wildman–Crippen MR) is 111 cm³/mol. The number of halogens is 1. The second kappa shape index (κ2) is 26.6. The Morgan fingerprint density at radius 1 is 0.500 bits per heavy atom. The van der Waals surface area contributed by atoms with E-state index in [1.165, 1.54) is 107 Å². The second-order valence-corrected chi connectivity index (χ2v) is 7.39. The molecule has 1 N–H and O–H groups in total. The zero-order valence-corrected chi connectivity index (χ0v) is 17.7. The van der Waals surface area contributed by atoms with Crippen LogP contribution in [0.3, 0.4) is 0 Å². The van der Waals surface area contributed by atoms with Crippen molar-refractivity contribution in [3.05, 3.63) is 0 Å². The normalized spacial score (nSPS) is 10.4. The van der Waals surface area contributed by atoms with Gasteiger partial charge in [-0.25, -0.2) is 0 Å². The summed E-state index contributed by atoms with van der Waals surface area (Å²) in [5.74, 6) is 0. The summed E-state index contributed by atoms with van der Waals surface area (Å²) >= 11 is 2.49. The maximum Gasteiger partial charge on any atom is 0.0402 e. The summed E-state index contributed by atoms with van der Waals surface area (Å²) in [5.41, 5.74) is 0. The average molecular weight is 426 g/mol. The van der Waals surface area contributed by atoms with Gasteiger partial charge in [-0.3, -0.25) is 0 Å². The largest absolute Gasteiger partial charge is 0.397 e. The molecule has 0 aromatic rings. The molecular weight excluding hydrogens is 383 g/mol. The van der Waals surface area contributed by atoms with Gasteiger partial charge < -0.3 is 5.11 Å². The molecule has 22 heavy (non-hydrogen) atoms. The standard InChI is InChI=1S/C18H37I.C2H6O/c1-2-3-4-5-6-7-8-9-10-11-12-13-14-15-16-17-18-19;1-2-3/h2-18H2,1H3;3H,2H2,1H3. The molecule has 0 aliphatic rings. The van der Waals surface area contributed by atoms with E-state index in [0.29, 0.717) is 0 Å². The summed E-state index contributed by atoms with van der Waals surface area (Å²) in [6.07, 6.45) is 23.5. The van der Waals surface area contributed by atoms with Crippen LogP contribution in [0.15, 0.2) is 0 Å². The summed E-state index contributed by atoms with van der Waals surface area (Å²) in [6, 6.07) is 0. The third-order valence-corrected chi connectivity index (χ3v) is 4.75. The molecule has 1 nitrogen and oxygen atoms in total. The summed E-state index contributed by atoms with van der Waals surface area (Å²) in [7, 11) is 0. The lowest BCUT2D eigenvalue weighted by Crippen LogP contribution is -1.83. The summed E-state index contributed by atoms with van der Waals surface area (Å²) in [6.45, 7) is 4.23. The first-order chi connectivity index (χ1) is 10.8. The van der Waals surface area contributed by atoms with Crippen molar-refractivity contribution in [2.75, 3.05) is 11.0 Å². The van der Waals surface area contributed by atoms with Crippen LogP contribution in [0.25, 0.3) is 0 Å². The van der Waals surface area contributed by atoms with Crippen molar-refractivity contribution in [2.24, 2.45) is 0 Å². The molecule has 0 heterocycles. The van der Waals surface area contributed by atoms with Crippen LogP contribution in [-0.4, -0.2) is 16.1 Å². The fourth-order valence-electron chi connectivity index (χ4n) is 2.64. The quantitative estimate of drug-likeness (QED) is 0.152. The van der Waals surface area contributed by atoms with Gasteiger partial charge in [0.05, 0.1) is 0 Å². The van der Waals surface area contributed by atoms with Crippen molar-refractivity contribution in [3.8, 4) is 0 Å². The zero-order valence-electron chi connectivity index (χ0n) is 15.6. The SMILES string of the molecule is CCCCCCCCCCCCCCCCCCI.CCO. The van der Waals surface area contributed by atoms with Crippen LogP contribution < -0.4 is 0 Å². The van der Waals surface area contributed by atoms with Crippen LogP contribution in [0.4, 0.5) is 0 Å². The average Bonchev–Trinajstić information content (AvgIpc) is 2.52. The van der Waals surface area contributed by atoms with Crippen LogP contribution in [-0.2, 0) is 0 Å². The minimum Gasteiger partial charge on any atom is -0.397 e. The molecular formula is C20H43IO. The summed E-state index contributed by atoms with van der Waals surface area (Å²) in [5, 5.41) is 7.57. The van der Waals surface area contributed by atoms with Crippen molar-refractivity contribution >= 4 is 22.6 Å². The van der Waals surface area contributed by atoms with E-state index < -0.39 is 0 Å². The van der Waals surface area contributed by atoms with Gasteiger partial charge in [0.1, 0.15) is 0 Å². The first kappa shape index (κ1) is 24.9. The lowest BCUT2D eigenvalue weighted by molar-refractivity contribution is 0.318. The Hall–Kier alpha value is 0.690. The van der Waals surface area contributed by atoms with E-state index in [0.717, 1.165) is 0 Å². The van der Waals surface area contributed by atoms with E-state index in [-0.39, 0.29) is 6.61 Å². The van der Waals surface area contributed by atoms with E-state index >= 15 is 0 Å². The molecule has 0 aromatic carbocycles. The molecule has 0 saturated carbocycles. The van der Waals surface area contributed by atoms with Gasteiger partial charge in [-0.15, -0.1) is 0 Å². The molecule has 0 aliphatic heterocycles.